The number of rotatable bonds is 4. The first kappa shape index (κ1) is 11.1. The van der Waals surface area contributed by atoms with Gasteiger partial charge in [-0.3, -0.25) is 0 Å². The van der Waals surface area contributed by atoms with E-state index in [1.165, 1.54) is 12.1 Å². The Morgan fingerprint density at radius 1 is 1.29 bits per heavy atom. The van der Waals surface area contributed by atoms with Gasteiger partial charge in [0, 0.05) is 12.5 Å². The van der Waals surface area contributed by atoms with E-state index in [1.54, 1.807) is 26.1 Å². The van der Waals surface area contributed by atoms with Crippen molar-refractivity contribution >= 4 is 0 Å². The van der Waals surface area contributed by atoms with Crippen molar-refractivity contribution in [2.24, 2.45) is 0 Å². The van der Waals surface area contributed by atoms with Crippen LogP contribution in [0.3, 0.4) is 0 Å². The van der Waals surface area contributed by atoms with E-state index in [1.807, 2.05) is 0 Å². The van der Waals surface area contributed by atoms with Crippen LogP contribution in [-0.2, 0) is 6.42 Å². The minimum Gasteiger partial charge on any atom is -0.314 e. The molecule has 0 aliphatic carbocycles. The zero-order chi connectivity index (χ0) is 10.6. The average molecular weight is 199 g/mol. The fourth-order valence-corrected chi connectivity index (χ4v) is 1.20. The predicted octanol–water partition coefficient (Wildman–Crippen LogP) is 2.31. The molecule has 1 rings (SSSR count). The third-order valence-corrected chi connectivity index (χ3v) is 2.34. The van der Waals surface area contributed by atoms with Gasteiger partial charge in [-0.05, 0) is 31.7 Å². The van der Waals surface area contributed by atoms with E-state index >= 15 is 0 Å². The standard InChI is InChI=1S/C11H15F2N/c1-8(14-2)11(13)7-9-3-5-10(12)6-4-9/h3-6,8,11,14H,7H2,1-2H3. The molecular weight excluding hydrogens is 184 g/mol. The fourth-order valence-electron chi connectivity index (χ4n) is 1.20. The van der Waals surface area contributed by atoms with Crippen molar-refractivity contribution in [2.45, 2.75) is 25.6 Å². The van der Waals surface area contributed by atoms with E-state index in [-0.39, 0.29) is 11.9 Å². The second kappa shape index (κ2) is 5.05. The van der Waals surface area contributed by atoms with Gasteiger partial charge in [-0.2, -0.15) is 0 Å². The summed E-state index contributed by atoms with van der Waals surface area (Å²) in [7, 11) is 1.72. The molecule has 0 bridgehead atoms. The summed E-state index contributed by atoms with van der Waals surface area (Å²) in [5.41, 5.74) is 0.820. The number of benzene rings is 1. The molecule has 0 fully saturated rings. The van der Waals surface area contributed by atoms with E-state index < -0.39 is 6.17 Å². The van der Waals surface area contributed by atoms with Crippen molar-refractivity contribution in [2.75, 3.05) is 7.05 Å². The molecule has 2 atom stereocenters. The van der Waals surface area contributed by atoms with Gasteiger partial charge in [0.25, 0.3) is 0 Å². The quantitative estimate of drug-likeness (QED) is 0.784. The summed E-state index contributed by atoms with van der Waals surface area (Å²) in [6.45, 7) is 1.79. The first-order valence-corrected chi connectivity index (χ1v) is 4.69. The van der Waals surface area contributed by atoms with E-state index in [0.29, 0.717) is 6.42 Å². The van der Waals surface area contributed by atoms with Gasteiger partial charge in [-0.25, -0.2) is 8.78 Å². The molecular formula is C11H15F2N. The third-order valence-electron chi connectivity index (χ3n) is 2.34. The SMILES string of the molecule is CNC(C)C(F)Cc1ccc(F)cc1. The molecule has 0 aliphatic rings. The van der Waals surface area contributed by atoms with Gasteiger partial charge < -0.3 is 5.32 Å². The molecule has 0 saturated heterocycles. The van der Waals surface area contributed by atoms with Gasteiger partial charge in [-0.15, -0.1) is 0 Å². The van der Waals surface area contributed by atoms with Crippen LogP contribution in [0.4, 0.5) is 8.78 Å². The Morgan fingerprint density at radius 2 is 1.86 bits per heavy atom. The van der Waals surface area contributed by atoms with E-state index in [4.69, 9.17) is 0 Å². The van der Waals surface area contributed by atoms with Crippen molar-refractivity contribution in [1.82, 2.24) is 5.32 Å². The summed E-state index contributed by atoms with van der Waals surface area (Å²) in [5, 5.41) is 2.85. The number of alkyl halides is 1. The maximum atomic E-state index is 13.4. The Balaban J connectivity index is 2.56. The Labute approximate surface area is 83.1 Å². The summed E-state index contributed by atoms with van der Waals surface area (Å²) in [6, 6.07) is 5.76. The third kappa shape index (κ3) is 3.07. The lowest BCUT2D eigenvalue weighted by Gasteiger charge is -2.15. The number of halogens is 2. The molecule has 0 radical (unpaired) electrons. The average Bonchev–Trinajstić information content (AvgIpc) is 2.20. The van der Waals surface area contributed by atoms with Gasteiger partial charge >= 0.3 is 0 Å². The molecule has 0 amide bonds. The van der Waals surface area contributed by atoms with Gasteiger partial charge in [0.1, 0.15) is 12.0 Å². The summed E-state index contributed by atoms with van der Waals surface area (Å²) in [6.07, 6.45) is -0.618. The second-order valence-electron chi connectivity index (χ2n) is 3.42. The van der Waals surface area contributed by atoms with Crippen molar-refractivity contribution in [3.63, 3.8) is 0 Å². The van der Waals surface area contributed by atoms with Crippen LogP contribution in [0.2, 0.25) is 0 Å². The van der Waals surface area contributed by atoms with Crippen LogP contribution in [0.25, 0.3) is 0 Å². The molecule has 1 aromatic carbocycles. The Bertz CT molecular complexity index is 271. The lowest BCUT2D eigenvalue weighted by Crippen LogP contribution is -2.33. The molecule has 78 valence electrons. The van der Waals surface area contributed by atoms with Crippen molar-refractivity contribution in [3.8, 4) is 0 Å². The van der Waals surface area contributed by atoms with Gasteiger partial charge in [-0.1, -0.05) is 12.1 Å². The molecule has 0 aliphatic heterocycles. The predicted molar refractivity (Wildman–Crippen MR) is 53.5 cm³/mol. The smallest absolute Gasteiger partial charge is 0.123 e. The molecule has 1 aromatic rings. The van der Waals surface area contributed by atoms with Crippen LogP contribution in [-0.4, -0.2) is 19.3 Å². The Morgan fingerprint density at radius 3 is 2.36 bits per heavy atom. The fraction of sp³-hybridized carbons (Fsp3) is 0.455. The normalized spacial score (nSPS) is 15.1. The van der Waals surface area contributed by atoms with Crippen molar-refractivity contribution < 1.29 is 8.78 Å². The van der Waals surface area contributed by atoms with Crippen molar-refractivity contribution in [3.05, 3.63) is 35.6 Å². The van der Waals surface area contributed by atoms with Crippen LogP contribution in [0.15, 0.2) is 24.3 Å². The highest BCUT2D eigenvalue weighted by molar-refractivity contribution is 5.17. The largest absolute Gasteiger partial charge is 0.314 e. The highest BCUT2D eigenvalue weighted by Crippen LogP contribution is 2.10. The van der Waals surface area contributed by atoms with Crippen LogP contribution in [0.5, 0.6) is 0 Å². The molecule has 14 heavy (non-hydrogen) atoms. The van der Waals surface area contributed by atoms with Gasteiger partial charge in [0.2, 0.25) is 0 Å². The molecule has 1 nitrogen and oxygen atoms in total. The first-order chi connectivity index (χ1) is 6.63. The number of hydrogen-bond donors (Lipinski definition) is 1. The molecule has 0 saturated carbocycles. The lowest BCUT2D eigenvalue weighted by atomic mass is 10.0. The van der Waals surface area contributed by atoms with E-state index in [9.17, 15) is 8.78 Å². The highest BCUT2D eigenvalue weighted by Gasteiger charge is 2.14. The molecule has 2 unspecified atom stereocenters. The van der Waals surface area contributed by atoms with Gasteiger partial charge in [0.05, 0.1) is 0 Å². The summed E-state index contributed by atoms with van der Waals surface area (Å²) >= 11 is 0. The second-order valence-corrected chi connectivity index (χ2v) is 3.42. The first-order valence-electron chi connectivity index (χ1n) is 4.69. The molecule has 3 heteroatoms. The molecule has 1 N–H and O–H groups in total. The molecule has 0 aromatic heterocycles. The summed E-state index contributed by atoms with van der Waals surface area (Å²) < 4.78 is 26.0. The maximum absolute atomic E-state index is 13.4. The van der Waals surface area contributed by atoms with Crippen LogP contribution in [0.1, 0.15) is 12.5 Å². The number of nitrogens with one attached hydrogen (secondary N) is 1. The highest BCUT2D eigenvalue weighted by atomic mass is 19.1. The number of hydrogen-bond acceptors (Lipinski definition) is 1. The topological polar surface area (TPSA) is 12.0 Å². The van der Waals surface area contributed by atoms with E-state index in [0.717, 1.165) is 5.56 Å². The van der Waals surface area contributed by atoms with Crippen LogP contribution < -0.4 is 5.32 Å². The van der Waals surface area contributed by atoms with Crippen LogP contribution in [0, 0.1) is 5.82 Å². The maximum Gasteiger partial charge on any atom is 0.123 e. The zero-order valence-electron chi connectivity index (χ0n) is 8.43. The molecule has 0 heterocycles. The minimum atomic E-state index is -0.939. The lowest BCUT2D eigenvalue weighted by molar-refractivity contribution is 0.267. The summed E-state index contributed by atoms with van der Waals surface area (Å²) in [5.74, 6) is -0.286. The monoisotopic (exact) mass is 199 g/mol. The zero-order valence-corrected chi connectivity index (χ0v) is 8.43. The summed E-state index contributed by atoms with van der Waals surface area (Å²) in [4.78, 5) is 0. The van der Waals surface area contributed by atoms with Gasteiger partial charge in [0.15, 0.2) is 0 Å². The minimum absolute atomic E-state index is 0.181. The Kier molecular flexibility index (Phi) is 4.01. The Hall–Kier alpha value is -0.960. The van der Waals surface area contributed by atoms with Crippen molar-refractivity contribution in [1.29, 1.82) is 0 Å². The van der Waals surface area contributed by atoms with E-state index in [2.05, 4.69) is 5.32 Å². The van der Waals surface area contributed by atoms with Crippen LogP contribution >= 0.6 is 0 Å². The molecule has 0 spiro atoms.